The molecule has 0 spiro atoms. The summed E-state index contributed by atoms with van der Waals surface area (Å²) in [6.07, 6.45) is 5.81. The number of nitrogens with zero attached hydrogens (tertiary/aromatic N) is 2. The number of carbonyl (C=O) groups excluding carboxylic acids is 1. The van der Waals surface area contributed by atoms with Crippen molar-refractivity contribution in [3.05, 3.63) is 36.3 Å². The largest absolute Gasteiger partial charge is 0.356 e. The zero-order valence-corrected chi connectivity index (χ0v) is 11.5. The Morgan fingerprint density at radius 3 is 3.05 bits per heavy atom. The van der Waals surface area contributed by atoms with Gasteiger partial charge in [-0.15, -0.1) is 0 Å². The molecule has 0 saturated carbocycles. The monoisotopic (exact) mass is 273 g/mol. The highest BCUT2D eigenvalue weighted by molar-refractivity contribution is 5.75. The second-order valence-electron chi connectivity index (χ2n) is 4.39. The topological polar surface area (TPSA) is 82.7 Å². The Morgan fingerprint density at radius 1 is 1.40 bits per heavy atom. The summed E-state index contributed by atoms with van der Waals surface area (Å²) in [7, 11) is 0. The van der Waals surface area contributed by atoms with E-state index in [4.69, 9.17) is 0 Å². The van der Waals surface area contributed by atoms with E-state index in [0.29, 0.717) is 26.1 Å². The van der Waals surface area contributed by atoms with Gasteiger partial charge < -0.3 is 10.6 Å². The van der Waals surface area contributed by atoms with E-state index >= 15 is 0 Å². The molecule has 106 valence electrons. The summed E-state index contributed by atoms with van der Waals surface area (Å²) in [5.74, 6) is 0.0691. The van der Waals surface area contributed by atoms with Gasteiger partial charge in [0.1, 0.15) is 0 Å². The van der Waals surface area contributed by atoms with Gasteiger partial charge in [0.15, 0.2) is 0 Å². The van der Waals surface area contributed by atoms with Crippen LogP contribution in [0.15, 0.2) is 30.7 Å². The summed E-state index contributed by atoms with van der Waals surface area (Å²) in [4.78, 5) is 15.4. The average Bonchev–Trinajstić information content (AvgIpc) is 2.93. The lowest BCUT2D eigenvalue weighted by Gasteiger charge is -2.06. The van der Waals surface area contributed by atoms with E-state index < -0.39 is 0 Å². The van der Waals surface area contributed by atoms with E-state index in [1.54, 1.807) is 18.6 Å². The van der Waals surface area contributed by atoms with E-state index in [1.807, 2.05) is 19.1 Å². The van der Waals surface area contributed by atoms with Gasteiger partial charge in [0, 0.05) is 49.6 Å². The first-order valence-electron chi connectivity index (χ1n) is 6.71. The number of aromatic amines is 1. The number of nitrogens with one attached hydrogen (secondary N) is 3. The molecule has 0 atom stereocenters. The fourth-order valence-electron chi connectivity index (χ4n) is 1.92. The molecule has 2 heterocycles. The second kappa shape index (κ2) is 7.40. The first-order valence-corrected chi connectivity index (χ1v) is 6.71. The standard InChI is InChI=1S/C14H19N5O/c1-2-17-13(20)5-7-16-9-12-10-18-19-14(12)11-4-3-6-15-8-11/h3-4,6,8,10,16H,2,5,7,9H2,1H3,(H,17,20)(H,18,19). The Kier molecular flexibility index (Phi) is 5.25. The van der Waals surface area contributed by atoms with Crippen LogP contribution in [-0.2, 0) is 11.3 Å². The normalized spacial score (nSPS) is 10.4. The fraction of sp³-hybridized carbons (Fsp3) is 0.357. The molecule has 0 aliphatic carbocycles. The molecule has 0 aliphatic heterocycles. The number of carbonyl (C=O) groups is 1. The number of pyridine rings is 1. The molecular formula is C14H19N5O. The van der Waals surface area contributed by atoms with Gasteiger partial charge >= 0.3 is 0 Å². The van der Waals surface area contributed by atoms with Gasteiger partial charge in [0.05, 0.1) is 11.9 Å². The van der Waals surface area contributed by atoms with E-state index in [-0.39, 0.29) is 5.91 Å². The number of hydrogen-bond donors (Lipinski definition) is 3. The highest BCUT2D eigenvalue weighted by Crippen LogP contribution is 2.19. The third kappa shape index (κ3) is 3.89. The van der Waals surface area contributed by atoms with Crippen molar-refractivity contribution in [1.29, 1.82) is 0 Å². The number of amides is 1. The number of rotatable bonds is 7. The van der Waals surface area contributed by atoms with E-state index in [9.17, 15) is 4.79 Å². The molecule has 0 aliphatic rings. The molecule has 0 saturated heterocycles. The molecule has 2 aromatic rings. The molecule has 2 rings (SSSR count). The first kappa shape index (κ1) is 14.2. The van der Waals surface area contributed by atoms with Crippen molar-refractivity contribution < 1.29 is 4.79 Å². The summed E-state index contributed by atoms with van der Waals surface area (Å²) in [6.45, 7) is 3.90. The van der Waals surface area contributed by atoms with Gasteiger partial charge in [-0.3, -0.25) is 14.9 Å². The lowest BCUT2D eigenvalue weighted by Crippen LogP contribution is -2.27. The van der Waals surface area contributed by atoms with Crippen LogP contribution in [0.1, 0.15) is 18.9 Å². The molecule has 20 heavy (non-hydrogen) atoms. The molecule has 0 unspecified atom stereocenters. The van der Waals surface area contributed by atoms with Crippen molar-refractivity contribution in [2.45, 2.75) is 19.9 Å². The van der Waals surface area contributed by atoms with Crippen LogP contribution in [0.25, 0.3) is 11.3 Å². The molecule has 0 fully saturated rings. The first-order chi connectivity index (χ1) is 9.81. The maximum atomic E-state index is 11.3. The highest BCUT2D eigenvalue weighted by atomic mass is 16.1. The lowest BCUT2D eigenvalue weighted by molar-refractivity contribution is -0.120. The Balaban J connectivity index is 1.86. The molecule has 2 aromatic heterocycles. The molecule has 0 radical (unpaired) electrons. The SMILES string of the molecule is CCNC(=O)CCNCc1cn[nH]c1-c1cccnc1. The van der Waals surface area contributed by atoms with Crippen molar-refractivity contribution >= 4 is 5.91 Å². The van der Waals surface area contributed by atoms with Crippen LogP contribution in [0.3, 0.4) is 0 Å². The van der Waals surface area contributed by atoms with Crippen molar-refractivity contribution in [3.8, 4) is 11.3 Å². The van der Waals surface area contributed by atoms with Gasteiger partial charge in [-0.25, -0.2) is 0 Å². The predicted octanol–water partition coefficient (Wildman–Crippen LogP) is 1.09. The van der Waals surface area contributed by atoms with Gasteiger partial charge in [-0.05, 0) is 19.1 Å². The third-order valence-electron chi connectivity index (χ3n) is 2.89. The maximum Gasteiger partial charge on any atom is 0.221 e. The highest BCUT2D eigenvalue weighted by Gasteiger charge is 2.07. The summed E-state index contributed by atoms with van der Waals surface area (Å²) in [5.41, 5.74) is 3.03. The maximum absolute atomic E-state index is 11.3. The van der Waals surface area contributed by atoms with Crippen LogP contribution < -0.4 is 10.6 Å². The fourth-order valence-corrected chi connectivity index (χ4v) is 1.92. The Labute approximate surface area is 118 Å². The molecule has 0 aromatic carbocycles. The van der Waals surface area contributed by atoms with Crippen LogP contribution in [-0.4, -0.2) is 34.2 Å². The average molecular weight is 273 g/mol. The molecule has 3 N–H and O–H groups in total. The lowest BCUT2D eigenvalue weighted by atomic mass is 10.1. The molecule has 1 amide bonds. The molecule has 6 nitrogen and oxygen atoms in total. The van der Waals surface area contributed by atoms with Crippen molar-refractivity contribution in [2.24, 2.45) is 0 Å². The third-order valence-corrected chi connectivity index (χ3v) is 2.89. The zero-order valence-electron chi connectivity index (χ0n) is 11.5. The van der Waals surface area contributed by atoms with E-state index in [0.717, 1.165) is 16.8 Å². The van der Waals surface area contributed by atoms with Crippen LogP contribution in [0.2, 0.25) is 0 Å². The quantitative estimate of drug-likeness (QED) is 0.659. The summed E-state index contributed by atoms with van der Waals surface area (Å²) in [5, 5.41) is 13.1. The minimum Gasteiger partial charge on any atom is -0.356 e. The molecule has 6 heteroatoms. The minimum atomic E-state index is 0.0691. The van der Waals surface area contributed by atoms with E-state index in [2.05, 4.69) is 25.8 Å². The van der Waals surface area contributed by atoms with Crippen LogP contribution in [0.4, 0.5) is 0 Å². The summed E-state index contributed by atoms with van der Waals surface area (Å²) in [6, 6.07) is 3.88. The Hall–Kier alpha value is -2.21. The zero-order chi connectivity index (χ0) is 14.2. The minimum absolute atomic E-state index is 0.0691. The number of H-pyrrole nitrogens is 1. The van der Waals surface area contributed by atoms with Crippen molar-refractivity contribution in [3.63, 3.8) is 0 Å². The Morgan fingerprint density at radius 2 is 2.30 bits per heavy atom. The Bertz CT molecular complexity index is 538. The molecular weight excluding hydrogens is 254 g/mol. The van der Waals surface area contributed by atoms with Gasteiger partial charge in [-0.2, -0.15) is 5.10 Å². The van der Waals surface area contributed by atoms with Gasteiger partial charge in [-0.1, -0.05) is 0 Å². The second-order valence-corrected chi connectivity index (χ2v) is 4.39. The molecule has 0 bridgehead atoms. The van der Waals surface area contributed by atoms with Crippen molar-refractivity contribution in [2.75, 3.05) is 13.1 Å². The van der Waals surface area contributed by atoms with Crippen LogP contribution in [0.5, 0.6) is 0 Å². The predicted molar refractivity (Wildman–Crippen MR) is 76.8 cm³/mol. The van der Waals surface area contributed by atoms with Crippen LogP contribution in [0, 0.1) is 0 Å². The number of hydrogen-bond acceptors (Lipinski definition) is 4. The van der Waals surface area contributed by atoms with Gasteiger partial charge in [0.25, 0.3) is 0 Å². The summed E-state index contributed by atoms with van der Waals surface area (Å²) >= 11 is 0. The van der Waals surface area contributed by atoms with Crippen LogP contribution >= 0.6 is 0 Å². The van der Waals surface area contributed by atoms with Crippen molar-refractivity contribution in [1.82, 2.24) is 25.8 Å². The van der Waals surface area contributed by atoms with E-state index in [1.165, 1.54) is 0 Å². The van der Waals surface area contributed by atoms with Gasteiger partial charge in [0.2, 0.25) is 5.91 Å². The summed E-state index contributed by atoms with van der Waals surface area (Å²) < 4.78 is 0. The number of aromatic nitrogens is 3. The smallest absolute Gasteiger partial charge is 0.221 e.